The molecule has 0 radical (unpaired) electrons. The molecule has 1 heterocycles. The zero-order valence-corrected chi connectivity index (χ0v) is 21.2. The molecular formula is C28H38N4O3. The number of benzene rings is 2. The van der Waals surface area contributed by atoms with Gasteiger partial charge in [-0.2, -0.15) is 0 Å². The summed E-state index contributed by atoms with van der Waals surface area (Å²) in [6, 6.07) is 11.8. The fourth-order valence-corrected chi connectivity index (χ4v) is 4.65. The molecular weight excluding hydrogens is 440 g/mol. The maximum absolute atomic E-state index is 13.3. The minimum absolute atomic E-state index is 0.100. The molecule has 0 aliphatic carbocycles. The summed E-state index contributed by atoms with van der Waals surface area (Å²) in [5.74, 6) is 0.999. The van der Waals surface area contributed by atoms with Gasteiger partial charge in [-0.25, -0.2) is 0 Å². The number of likely N-dealkylation sites (tertiary alicyclic amines) is 1. The van der Waals surface area contributed by atoms with E-state index in [1.54, 1.807) is 20.4 Å². The maximum atomic E-state index is 13.3. The van der Waals surface area contributed by atoms with Crippen molar-refractivity contribution in [1.82, 2.24) is 15.5 Å². The van der Waals surface area contributed by atoms with Gasteiger partial charge in [0.25, 0.3) is 5.91 Å². The van der Waals surface area contributed by atoms with E-state index in [0.29, 0.717) is 17.2 Å². The monoisotopic (exact) mass is 478 g/mol. The first-order chi connectivity index (χ1) is 16.9. The lowest BCUT2D eigenvalue weighted by Gasteiger charge is -2.32. The predicted molar refractivity (Wildman–Crippen MR) is 141 cm³/mol. The summed E-state index contributed by atoms with van der Waals surface area (Å²) >= 11 is 0. The van der Waals surface area contributed by atoms with E-state index in [1.165, 1.54) is 11.8 Å². The van der Waals surface area contributed by atoms with E-state index in [0.717, 1.165) is 54.7 Å². The van der Waals surface area contributed by atoms with Crippen LogP contribution in [0.2, 0.25) is 0 Å². The number of aliphatic hydroxyl groups excluding tert-OH is 1. The maximum Gasteiger partial charge on any atom is 0.252 e. The SMILES string of the molecule is CN/C=C(\C=N)c1cc(OC)cc([C@@H](C)NC(=O)c2cc(C3CCN(CCO)CC3)ccc2C)c1. The first-order valence-electron chi connectivity index (χ1n) is 12.2. The van der Waals surface area contributed by atoms with Gasteiger partial charge in [0, 0.05) is 37.1 Å². The number of methoxy groups -OCH3 is 1. The smallest absolute Gasteiger partial charge is 0.252 e. The van der Waals surface area contributed by atoms with Crippen LogP contribution in [0.3, 0.4) is 0 Å². The molecule has 188 valence electrons. The van der Waals surface area contributed by atoms with Gasteiger partial charge in [0.2, 0.25) is 0 Å². The highest BCUT2D eigenvalue weighted by atomic mass is 16.5. The van der Waals surface area contributed by atoms with Crippen molar-refractivity contribution in [3.05, 3.63) is 70.4 Å². The number of hydrogen-bond donors (Lipinski definition) is 4. The average Bonchev–Trinajstić information content (AvgIpc) is 2.87. The minimum Gasteiger partial charge on any atom is -0.497 e. The zero-order valence-electron chi connectivity index (χ0n) is 21.2. The van der Waals surface area contributed by atoms with Gasteiger partial charge in [-0.1, -0.05) is 12.1 Å². The topological polar surface area (TPSA) is 97.7 Å². The Labute approximate surface area is 208 Å². The Balaban J connectivity index is 1.78. The van der Waals surface area contributed by atoms with Crippen molar-refractivity contribution in [2.75, 3.05) is 40.4 Å². The molecule has 1 atom stereocenters. The number of carbonyl (C=O) groups excluding carboxylic acids is 1. The van der Waals surface area contributed by atoms with Crippen LogP contribution in [0.1, 0.15) is 64.3 Å². The summed E-state index contributed by atoms with van der Waals surface area (Å²) in [5.41, 5.74) is 5.32. The molecule has 2 aromatic rings. The molecule has 4 N–H and O–H groups in total. The van der Waals surface area contributed by atoms with E-state index in [1.807, 2.05) is 44.2 Å². The number of amides is 1. The highest BCUT2D eigenvalue weighted by molar-refractivity contribution is 6.08. The van der Waals surface area contributed by atoms with E-state index < -0.39 is 0 Å². The highest BCUT2D eigenvalue weighted by Gasteiger charge is 2.22. The number of ether oxygens (including phenoxy) is 1. The van der Waals surface area contributed by atoms with E-state index in [2.05, 4.69) is 21.6 Å². The molecule has 1 saturated heterocycles. The number of allylic oxidation sites excluding steroid dienone is 1. The molecule has 0 spiro atoms. The third-order valence-corrected chi connectivity index (χ3v) is 6.78. The highest BCUT2D eigenvalue weighted by Crippen LogP contribution is 2.30. The quantitative estimate of drug-likeness (QED) is 0.389. The molecule has 0 unspecified atom stereocenters. The number of rotatable bonds is 10. The number of carbonyl (C=O) groups is 1. The Morgan fingerprint density at radius 2 is 2.00 bits per heavy atom. The van der Waals surface area contributed by atoms with E-state index in [9.17, 15) is 9.90 Å². The van der Waals surface area contributed by atoms with Crippen LogP contribution in [0, 0.1) is 12.3 Å². The number of aryl methyl sites for hydroxylation is 1. The molecule has 0 saturated carbocycles. The molecule has 1 fully saturated rings. The van der Waals surface area contributed by atoms with Gasteiger partial charge < -0.3 is 30.8 Å². The van der Waals surface area contributed by atoms with Crippen molar-refractivity contribution in [2.45, 2.75) is 38.6 Å². The second-order valence-corrected chi connectivity index (χ2v) is 9.14. The summed E-state index contributed by atoms with van der Waals surface area (Å²) in [6.07, 6.45) is 5.12. The Kier molecular flexibility index (Phi) is 9.46. The normalized spacial score (nSPS) is 16.0. The van der Waals surface area contributed by atoms with E-state index in [-0.39, 0.29) is 18.6 Å². The lowest BCUT2D eigenvalue weighted by atomic mass is 9.87. The Morgan fingerprint density at radius 1 is 1.26 bits per heavy atom. The van der Waals surface area contributed by atoms with Gasteiger partial charge in [0.05, 0.1) is 19.8 Å². The lowest BCUT2D eigenvalue weighted by molar-refractivity contribution is 0.0939. The van der Waals surface area contributed by atoms with Gasteiger partial charge in [0.15, 0.2) is 0 Å². The Hall–Kier alpha value is -3.16. The number of aliphatic hydroxyl groups is 1. The van der Waals surface area contributed by atoms with Gasteiger partial charge in [-0.3, -0.25) is 4.79 Å². The predicted octanol–water partition coefficient (Wildman–Crippen LogP) is 3.88. The van der Waals surface area contributed by atoms with Crippen molar-refractivity contribution in [2.24, 2.45) is 0 Å². The fraction of sp³-hybridized carbons (Fsp3) is 0.429. The van der Waals surface area contributed by atoms with Crippen molar-refractivity contribution < 1.29 is 14.6 Å². The van der Waals surface area contributed by atoms with Gasteiger partial charge in [-0.15, -0.1) is 0 Å². The molecule has 2 aromatic carbocycles. The van der Waals surface area contributed by atoms with Crippen LogP contribution < -0.4 is 15.4 Å². The van der Waals surface area contributed by atoms with Crippen molar-refractivity contribution in [3.63, 3.8) is 0 Å². The number of hydrogen-bond acceptors (Lipinski definition) is 6. The van der Waals surface area contributed by atoms with Crippen LogP contribution in [0.25, 0.3) is 5.57 Å². The molecule has 1 aliphatic heterocycles. The summed E-state index contributed by atoms with van der Waals surface area (Å²) in [7, 11) is 3.41. The average molecular weight is 479 g/mol. The number of nitrogens with one attached hydrogen (secondary N) is 3. The Bertz CT molecular complexity index is 1060. The van der Waals surface area contributed by atoms with Crippen LogP contribution in [0.5, 0.6) is 5.75 Å². The van der Waals surface area contributed by atoms with E-state index >= 15 is 0 Å². The van der Waals surface area contributed by atoms with Gasteiger partial charge in [0.1, 0.15) is 5.75 Å². The molecule has 0 bridgehead atoms. The molecule has 7 heteroatoms. The summed E-state index contributed by atoms with van der Waals surface area (Å²) < 4.78 is 5.48. The summed E-state index contributed by atoms with van der Waals surface area (Å²) in [6.45, 7) is 6.78. The van der Waals surface area contributed by atoms with Crippen LogP contribution in [0.15, 0.2) is 42.6 Å². The second-order valence-electron chi connectivity index (χ2n) is 9.14. The molecule has 0 aromatic heterocycles. The first kappa shape index (κ1) is 26.4. The Morgan fingerprint density at radius 3 is 2.63 bits per heavy atom. The molecule has 7 nitrogen and oxygen atoms in total. The zero-order chi connectivity index (χ0) is 25.4. The van der Waals surface area contributed by atoms with Gasteiger partial charge in [-0.05, 0) is 92.2 Å². The van der Waals surface area contributed by atoms with Crippen LogP contribution in [-0.4, -0.2) is 62.5 Å². The third-order valence-electron chi connectivity index (χ3n) is 6.78. The van der Waals surface area contributed by atoms with Crippen molar-refractivity contribution in [1.29, 1.82) is 5.41 Å². The third kappa shape index (κ3) is 6.71. The standard InChI is InChI=1S/C28H38N4O3/c1-19-5-6-22(21-7-9-32(10-8-21)11-12-33)16-27(19)28(34)31-20(2)23-13-24(15-26(14-23)35-4)25(17-29)18-30-3/h5-6,13-18,20-21,29-30,33H,7-12H2,1-4H3,(H,31,34)/b25-18+,29-17?/t20-/m1/s1. The molecule has 1 amide bonds. The fourth-order valence-electron chi connectivity index (χ4n) is 4.65. The minimum atomic E-state index is -0.248. The first-order valence-corrected chi connectivity index (χ1v) is 12.2. The largest absolute Gasteiger partial charge is 0.497 e. The number of β-amino-alcohol motifs (C(OH)–C–C–N with tert-alkyl or cyclic N) is 1. The second kappa shape index (κ2) is 12.5. The number of nitrogens with zero attached hydrogens (tertiary/aromatic N) is 1. The van der Waals surface area contributed by atoms with Crippen LogP contribution >= 0.6 is 0 Å². The van der Waals surface area contributed by atoms with Crippen LogP contribution in [-0.2, 0) is 0 Å². The van der Waals surface area contributed by atoms with E-state index in [4.69, 9.17) is 10.1 Å². The summed E-state index contributed by atoms with van der Waals surface area (Å²) in [5, 5.41) is 23.0. The van der Waals surface area contributed by atoms with Gasteiger partial charge >= 0.3 is 0 Å². The number of piperidine rings is 1. The molecule has 35 heavy (non-hydrogen) atoms. The van der Waals surface area contributed by atoms with Crippen molar-refractivity contribution >= 4 is 17.7 Å². The lowest BCUT2D eigenvalue weighted by Crippen LogP contribution is -2.35. The summed E-state index contributed by atoms with van der Waals surface area (Å²) in [4.78, 5) is 15.6. The molecule has 3 rings (SSSR count). The van der Waals surface area contributed by atoms with Crippen LogP contribution in [0.4, 0.5) is 0 Å². The molecule has 1 aliphatic rings. The van der Waals surface area contributed by atoms with Crippen molar-refractivity contribution in [3.8, 4) is 5.75 Å².